The average Bonchev–Trinajstić information content (AvgIpc) is 2.12. The fourth-order valence-electron chi connectivity index (χ4n) is 1.55. The molecule has 2 aromatic rings. The topological polar surface area (TPSA) is 51.8 Å². The second-order valence-corrected chi connectivity index (χ2v) is 3.35. The quantitative estimate of drug-likeness (QED) is 0.497. The van der Waals surface area contributed by atoms with Gasteiger partial charge in [0.2, 0.25) is 0 Å². The van der Waals surface area contributed by atoms with Gasteiger partial charge in [0.15, 0.2) is 5.75 Å². The van der Waals surface area contributed by atoms with Crippen molar-refractivity contribution in [2.75, 3.05) is 0 Å². The number of phenolic OH excluding ortho intramolecular Hbond substituents is 2. The highest BCUT2D eigenvalue weighted by atomic mass is 16.4. The standard InChI is InChI=1S/C11H10O3/c1-6-5-7(2)14-11-8(6)3-4-9(12)10(11)13/h3-5H,1-2H3,(H-,12,13)/p+1. The molecule has 0 aliphatic rings. The zero-order chi connectivity index (χ0) is 10.3. The van der Waals surface area contributed by atoms with Gasteiger partial charge in [0, 0.05) is 6.07 Å². The van der Waals surface area contributed by atoms with E-state index in [9.17, 15) is 10.2 Å². The highest BCUT2D eigenvalue weighted by Gasteiger charge is 2.19. The Morgan fingerprint density at radius 2 is 1.86 bits per heavy atom. The summed E-state index contributed by atoms with van der Waals surface area (Å²) in [5, 5.41) is 19.7. The van der Waals surface area contributed by atoms with E-state index in [-0.39, 0.29) is 11.5 Å². The van der Waals surface area contributed by atoms with Crippen LogP contribution in [0.4, 0.5) is 0 Å². The van der Waals surface area contributed by atoms with Crippen LogP contribution in [-0.4, -0.2) is 10.2 Å². The summed E-state index contributed by atoms with van der Waals surface area (Å²) in [5.41, 5.74) is 1.35. The normalized spacial score (nSPS) is 10.7. The molecular formula is C11H11O3+. The lowest BCUT2D eigenvalue weighted by atomic mass is 10.1. The Morgan fingerprint density at radius 1 is 1.14 bits per heavy atom. The number of phenols is 2. The van der Waals surface area contributed by atoms with Crippen LogP contribution in [-0.2, 0) is 0 Å². The van der Waals surface area contributed by atoms with E-state index in [1.165, 1.54) is 6.07 Å². The first-order valence-electron chi connectivity index (χ1n) is 4.34. The fraction of sp³-hybridized carbons (Fsp3) is 0.182. The maximum Gasteiger partial charge on any atom is 0.405 e. The Labute approximate surface area is 81.2 Å². The van der Waals surface area contributed by atoms with Crippen LogP contribution in [0.2, 0.25) is 0 Å². The predicted octanol–water partition coefficient (Wildman–Crippen LogP) is 2.74. The molecule has 0 unspecified atom stereocenters. The third-order valence-electron chi connectivity index (χ3n) is 2.22. The molecule has 72 valence electrons. The Hall–Kier alpha value is -1.77. The second-order valence-electron chi connectivity index (χ2n) is 3.35. The van der Waals surface area contributed by atoms with Gasteiger partial charge in [-0.05, 0) is 24.6 Å². The molecule has 0 amide bonds. The lowest BCUT2D eigenvalue weighted by Gasteiger charge is -1.97. The molecule has 3 heteroatoms. The molecule has 0 aliphatic heterocycles. The molecule has 0 fully saturated rings. The first kappa shape index (κ1) is 8.81. The van der Waals surface area contributed by atoms with Crippen molar-refractivity contribution in [2.45, 2.75) is 13.8 Å². The summed E-state index contributed by atoms with van der Waals surface area (Å²) in [6.45, 7) is 3.73. The minimum absolute atomic E-state index is 0.161. The van der Waals surface area contributed by atoms with Crippen LogP contribution in [0, 0.1) is 13.8 Å². The summed E-state index contributed by atoms with van der Waals surface area (Å²) in [5.74, 6) is 0.344. The molecule has 14 heavy (non-hydrogen) atoms. The molecule has 0 atom stereocenters. The SMILES string of the molecule is Cc1cc(C)c2ccc(O)c(O)c2[o+]1. The smallest absolute Gasteiger partial charge is 0.405 e. The molecule has 0 aliphatic carbocycles. The van der Waals surface area contributed by atoms with E-state index in [1.807, 2.05) is 13.0 Å². The van der Waals surface area contributed by atoms with E-state index in [1.54, 1.807) is 13.0 Å². The van der Waals surface area contributed by atoms with Gasteiger partial charge in [0.25, 0.3) is 5.75 Å². The first-order valence-corrected chi connectivity index (χ1v) is 4.34. The average molecular weight is 191 g/mol. The van der Waals surface area contributed by atoms with Crippen LogP contribution in [0.3, 0.4) is 0 Å². The Morgan fingerprint density at radius 3 is 2.57 bits per heavy atom. The van der Waals surface area contributed by atoms with Crippen molar-refractivity contribution in [3.63, 3.8) is 0 Å². The number of hydrogen-bond acceptors (Lipinski definition) is 2. The molecule has 2 N–H and O–H groups in total. The van der Waals surface area contributed by atoms with Crippen molar-refractivity contribution in [3.05, 3.63) is 29.5 Å². The van der Waals surface area contributed by atoms with Gasteiger partial charge in [0.1, 0.15) is 0 Å². The first-order chi connectivity index (χ1) is 6.59. The molecule has 3 nitrogen and oxygen atoms in total. The van der Waals surface area contributed by atoms with Crippen molar-refractivity contribution in [3.8, 4) is 11.5 Å². The van der Waals surface area contributed by atoms with Crippen LogP contribution in [0.15, 0.2) is 22.6 Å². The number of aromatic hydroxyl groups is 2. The van der Waals surface area contributed by atoms with Crippen LogP contribution in [0.25, 0.3) is 11.0 Å². The van der Waals surface area contributed by atoms with Crippen molar-refractivity contribution >= 4 is 11.0 Å². The molecule has 0 spiro atoms. The molecule has 1 aromatic carbocycles. The minimum Gasteiger partial charge on any atom is -0.504 e. The van der Waals surface area contributed by atoms with Crippen molar-refractivity contribution in [1.82, 2.24) is 0 Å². The third-order valence-corrected chi connectivity index (χ3v) is 2.22. The predicted molar refractivity (Wildman–Crippen MR) is 53.4 cm³/mol. The molecule has 1 aromatic heterocycles. The molecule has 2 rings (SSSR count). The van der Waals surface area contributed by atoms with Gasteiger partial charge >= 0.3 is 11.3 Å². The molecule has 0 radical (unpaired) electrons. The Kier molecular flexibility index (Phi) is 1.81. The zero-order valence-electron chi connectivity index (χ0n) is 8.03. The Balaban J connectivity index is 2.95. The lowest BCUT2D eigenvalue weighted by Crippen LogP contribution is -1.82. The summed E-state index contributed by atoms with van der Waals surface area (Å²) in [4.78, 5) is 0. The summed E-state index contributed by atoms with van der Waals surface area (Å²) in [7, 11) is 0. The van der Waals surface area contributed by atoms with Gasteiger partial charge in [-0.15, -0.1) is 0 Å². The van der Waals surface area contributed by atoms with Gasteiger partial charge in [-0.1, -0.05) is 0 Å². The van der Waals surface area contributed by atoms with Crippen LogP contribution < -0.4 is 0 Å². The van der Waals surface area contributed by atoms with Crippen molar-refractivity contribution in [1.29, 1.82) is 0 Å². The van der Waals surface area contributed by atoms with Gasteiger partial charge < -0.3 is 10.2 Å². The Bertz CT molecular complexity index is 503. The van der Waals surface area contributed by atoms with Crippen LogP contribution in [0.5, 0.6) is 11.5 Å². The lowest BCUT2D eigenvalue weighted by molar-refractivity contribution is 0.398. The maximum absolute atomic E-state index is 9.56. The van der Waals surface area contributed by atoms with E-state index >= 15 is 0 Å². The number of rotatable bonds is 0. The van der Waals surface area contributed by atoms with Crippen LogP contribution in [0.1, 0.15) is 11.3 Å². The maximum atomic E-state index is 9.56. The van der Waals surface area contributed by atoms with Crippen LogP contribution >= 0.6 is 0 Å². The number of aryl methyl sites for hydroxylation is 2. The van der Waals surface area contributed by atoms with E-state index < -0.39 is 0 Å². The summed E-state index contributed by atoms with van der Waals surface area (Å²) >= 11 is 0. The zero-order valence-corrected chi connectivity index (χ0v) is 8.03. The van der Waals surface area contributed by atoms with E-state index in [0.29, 0.717) is 11.3 Å². The summed E-state index contributed by atoms with van der Waals surface area (Å²) in [6, 6.07) is 5.07. The second kappa shape index (κ2) is 2.87. The number of hydrogen-bond donors (Lipinski definition) is 2. The van der Waals surface area contributed by atoms with Gasteiger partial charge in [0.05, 0.1) is 12.3 Å². The third kappa shape index (κ3) is 1.18. The number of fused-ring (bicyclic) bond motifs is 1. The van der Waals surface area contributed by atoms with E-state index in [4.69, 9.17) is 4.42 Å². The molecule has 0 saturated heterocycles. The molecule has 0 bridgehead atoms. The highest BCUT2D eigenvalue weighted by molar-refractivity contribution is 5.87. The highest BCUT2D eigenvalue weighted by Crippen LogP contribution is 2.35. The minimum atomic E-state index is -0.200. The molecule has 1 heterocycles. The molecule has 0 saturated carbocycles. The van der Waals surface area contributed by atoms with E-state index in [0.717, 1.165) is 10.9 Å². The summed E-state index contributed by atoms with van der Waals surface area (Å²) < 4.78 is 5.34. The van der Waals surface area contributed by atoms with E-state index in [2.05, 4.69) is 0 Å². The van der Waals surface area contributed by atoms with Gasteiger partial charge in [-0.2, -0.15) is 0 Å². The number of benzene rings is 1. The monoisotopic (exact) mass is 191 g/mol. The summed E-state index contributed by atoms with van der Waals surface area (Å²) in [6.07, 6.45) is 0. The van der Waals surface area contributed by atoms with Crippen molar-refractivity contribution < 1.29 is 14.6 Å². The van der Waals surface area contributed by atoms with Gasteiger partial charge in [-0.3, -0.25) is 0 Å². The largest absolute Gasteiger partial charge is 0.504 e. The fourth-order valence-corrected chi connectivity index (χ4v) is 1.55. The van der Waals surface area contributed by atoms with Gasteiger partial charge in [-0.25, -0.2) is 4.42 Å². The van der Waals surface area contributed by atoms with Crippen molar-refractivity contribution in [2.24, 2.45) is 0 Å². The molecular weight excluding hydrogens is 180 g/mol.